The Morgan fingerprint density at radius 2 is 0.740 bits per heavy atom. The van der Waals surface area contributed by atoms with Gasteiger partial charge in [-0.3, -0.25) is 29.1 Å². The van der Waals surface area contributed by atoms with Gasteiger partial charge in [-0.1, -0.05) is 103 Å². The fourth-order valence-corrected chi connectivity index (χ4v) is 9.41. The van der Waals surface area contributed by atoms with Crippen LogP contribution < -0.4 is 22.2 Å². The molecule has 0 saturated carbocycles. The predicted molar refractivity (Wildman–Crippen MR) is 205 cm³/mol. The van der Waals surface area contributed by atoms with Gasteiger partial charge in [0.15, 0.2) is 0 Å². The first-order valence-corrected chi connectivity index (χ1v) is 16.5. The van der Waals surface area contributed by atoms with Gasteiger partial charge in [0.05, 0.1) is 16.2 Å². The fraction of sp³-hybridized carbons (Fsp3) is 0. The van der Waals surface area contributed by atoms with Crippen molar-refractivity contribution in [3.8, 4) is 11.1 Å². The molecule has 0 aliphatic heterocycles. The molecule has 10 aromatic carbocycles. The van der Waals surface area contributed by atoms with E-state index in [4.69, 9.17) is 0 Å². The van der Waals surface area contributed by atoms with Crippen LogP contribution in [-0.4, -0.2) is 9.97 Å². The van der Waals surface area contributed by atoms with Crippen molar-refractivity contribution in [3.63, 3.8) is 0 Å². The van der Waals surface area contributed by atoms with E-state index in [0.717, 1.165) is 64.8 Å². The monoisotopic (exact) mass is 640 g/mol. The molecule has 0 aliphatic rings. The summed E-state index contributed by atoms with van der Waals surface area (Å²) in [4.78, 5) is 60.9. The predicted octanol–water partition coefficient (Wildman–Crippen LogP) is 8.73. The van der Waals surface area contributed by atoms with Crippen molar-refractivity contribution in [1.82, 2.24) is 9.97 Å². The number of nitrogens with one attached hydrogen (secondary N) is 2. The van der Waals surface area contributed by atoms with Crippen LogP contribution >= 0.6 is 0 Å². The molecule has 2 N–H and O–H groups in total. The minimum atomic E-state index is -0.698. The van der Waals surface area contributed by atoms with Crippen molar-refractivity contribution in [2.75, 3.05) is 0 Å². The first kappa shape index (κ1) is 26.1. The van der Waals surface area contributed by atoms with Crippen LogP contribution in [0.5, 0.6) is 0 Å². The molecule has 2 aromatic heterocycles. The number of hydrogen-bond donors (Lipinski definition) is 2. The molecule has 6 heteroatoms. The number of hydrogen-bond acceptors (Lipinski definition) is 4. The maximum absolute atomic E-state index is 14.3. The Hall–Kier alpha value is -6.92. The standard InChI is InChI=1S/C44H20N2O4/c47-41-30-18-29-25-12-3-8-20-9-4-15-28(32(20)25)35-36(29)37(39(43(49)45-41)40-38(35)42(48)46-44(40)50)34(30)27-17-16-26-22-11-2-7-19-6-1-10-21(31(19)22)23-13-5-14-24(27)33(23)26/h1-18H,(H,45,47,49)(H,46,48,50). The van der Waals surface area contributed by atoms with Crippen LogP contribution in [0.2, 0.25) is 0 Å². The van der Waals surface area contributed by atoms with Gasteiger partial charge in [-0.15, -0.1) is 0 Å². The summed E-state index contributed by atoms with van der Waals surface area (Å²) in [6.07, 6.45) is 0. The Labute approximate surface area is 278 Å². The molecule has 50 heavy (non-hydrogen) atoms. The van der Waals surface area contributed by atoms with E-state index in [1.165, 1.54) is 10.8 Å². The van der Waals surface area contributed by atoms with E-state index in [1.807, 2.05) is 54.6 Å². The van der Waals surface area contributed by atoms with E-state index in [-0.39, 0.29) is 16.2 Å². The lowest BCUT2D eigenvalue weighted by atomic mass is 9.81. The second-order valence-corrected chi connectivity index (χ2v) is 13.5. The van der Waals surface area contributed by atoms with E-state index in [2.05, 4.69) is 64.6 Å². The Morgan fingerprint density at radius 3 is 1.40 bits per heavy atom. The van der Waals surface area contributed by atoms with E-state index < -0.39 is 22.2 Å². The summed E-state index contributed by atoms with van der Waals surface area (Å²) in [6, 6.07) is 36.9. The zero-order chi connectivity index (χ0) is 33.2. The van der Waals surface area contributed by atoms with Crippen molar-refractivity contribution in [2.24, 2.45) is 0 Å². The Morgan fingerprint density at radius 1 is 0.300 bits per heavy atom. The van der Waals surface area contributed by atoms with Crippen molar-refractivity contribution < 1.29 is 0 Å². The highest BCUT2D eigenvalue weighted by atomic mass is 16.2. The lowest BCUT2D eigenvalue weighted by Gasteiger charge is -2.20. The molecule has 12 rings (SSSR count). The van der Waals surface area contributed by atoms with Crippen LogP contribution in [0.25, 0.3) is 119 Å². The quantitative estimate of drug-likeness (QED) is 0.138. The van der Waals surface area contributed by atoms with Crippen molar-refractivity contribution in [1.29, 1.82) is 0 Å². The molecule has 0 fully saturated rings. The molecule has 0 amide bonds. The summed E-state index contributed by atoms with van der Waals surface area (Å²) in [5.74, 6) is 0. The Balaban J connectivity index is 1.42. The highest BCUT2D eigenvalue weighted by Crippen LogP contribution is 2.50. The maximum Gasteiger partial charge on any atom is 0.259 e. The zero-order valence-corrected chi connectivity index (χ0v) is 26.0. The molecule has 0 spiro atoms. The SMILES string of the molecule is O=c1[nH]c(=O)c2c3c(-c4ccc5c6cccc7cccc(c8cccc4c85)c76)c1cc1c4cccc5cccc(c54)c(c4c(=O)[nH]c(=O)c24)c13. The van der Waals surface area contributed by atoms with Gasteiger partial charge in [0.1, 0.15) is 0 Å². The summed E-state index contributed by atoms with van der Waals surface area (Å²) in [5, 5.41) is 15.6. The van der Waals surface area contributed by atoms with E-state index in [9.17, 15) is 19.2 Å². The molecule has 0 saturated heterocycles. The summed E-state index contributed by atoms with van der Waals surface area (Å²) in [7, 11) is 0. The third kappa shape index (κ3) is 2.85. The molecule has 0 atom stereocenters. The smallest absolute Gasteiger partial charge is 0.259 e. The minimum absolute atomic E-state index is 0.00812. The summed E-state index contributed by atoms with van der Waals surface area (Å²) in [5.41, 5.74) is -1.10. The summed E-state index contributed by atoms with van der Waals surface area (Å²) >= 11 is 0. The van der Waals surface area contributed by atoms with Gasteiger partial charge in [-0.25, -0.2) is 0 Å². The Bertz CT molecular complexity index is 3690. The Kier molecular flexibility index (Phi) is 4.47. The van der Waals surface area contributed by atoms with E-state index in [1.54, 1.807) is 0 Å². The van der Waals surface area contributed by atoms with Gasteiger partial charge in [0, 0.05) is 21.7 Å². The number of aromatic amines is 2. The maximum atomic E-state index is 14.3. The molecular weight excluding hydrogens is 620 g/mol. The second-order valence-electron chi connectivity index (χ2n) is 13.5. The van der Waals surface area contributed by atoms with Gasteiger partial charge >= 0.3 is 0 Å². The molecule has 2 heterocycles. The average Bonchev–Trinajstić information content (AvgIpc) is 3.39. The van der Waals surface area contributed by atoms with Crippen molar-refractivity contribution in [3.05, 3.63) is 151 Å². The van der Waals surface area contributed by atoms with E-state index in [0.29, 0.717) is 27.1 Å². The average molecular weight is 641 g/mol. The molecular formula is C44H20N2O4. The number of aromatic nitrogens is 2. The van der Waals surface area contributed by atoms with Crippen LogP contribution in [0.4, 0.5) is 0 Å². The van der Waals surface area contributed by atoms with Gasteiger partial charge in [-0.05, 0) is 87.0 Å². The normalized spacial score (nSPS) is 12.7. The third-order valence-corrected chi connectivity index (χ3v) is 11.2. The molecule has 0 aliphatic carbocycles. The van der Waals surface area contributed by atoms with Crippen LogP contribution in [0, 0.1) is 0 Å². The molecule has 2 bridgehead atoms. The molecule has 230 valence electrons. The van der Waals surface area contributed by atoms with Crippen molar-refractivity contribution in [2.45, 2.75) is 0 Å². The summed E-state index contributed by atoms with van der Waals surface area (Å²) < 4.78 is 0. The number of rotatable bonds is 1. The van der Waals surface area contributed by atoms with Gasteiger partial charge in [0.25, 0.3) is 22.2 Å². The van der Waals surface area contributed by atoms with Crippen molar-refractivity contribution >= 4 is 108 Å². The molecule has 6 nitrogen and oxygen atoms in total. The fourth-order valence-electron chi connectivity index (χ4n) is 9.41. The number of H-pyrrole nitrogens is 2. The molecule has 0 unspecified atom stereocenters. The first-order valence-electron chi connectivity index (χ1n) is 16.5. The van der Waals surface area contributed by atoms with Crippen LogP contribution in [0.15, 0.2) is 128 Å². The zero-order valence-electron chi connectivity index (χ0n) is 26.0. The molecule has 0 radical (unpaired) electrons. The summed E-state index contributed by atoms with van der Waals surface area (Å²) in [6.45, 7) is 0. The number of benzene rings is 10. The minimum Gasteiger partial charge on any atom is -0.288 e. The third-order valence-electron chi connectivity index (χ3n) is 11.2. The number of fused-ring (bicyclic) bond motifs is 8. The topological polar surface area (TPSA) is 99.9 Å². The second kappa shape index (κ2) is 8.56. The van der Waals surface area contributed by atoms with Gasteiger partial charge in [-0.2, -0.15) is 0 Å². The lowest BCUT2D eigenvalue weighted by molar-refractivity contribution is 1.23. The highest BCUT2D eigenvalue weighted by Gasteiger charge is 2.28. The first-order chi connectivity index (χ1) is 24.5. The van der Waals surface area contributed by atoms with Gasteiger partial charge < -0.3 is 0 Å². The molecule has 12 aromatic rings. The van der Waals surface area contributed by atoms with Gasteiger partial charge in [0.2, 0.25) is 0 Å². The van der Waals surface area contributed by atoms with E-state index >= 15 is 0 Å². The highest BCUT2D eigenvalue weighted by molar-refractivity contribution is 6.45. The van der Waals surface area contributed by atoms with Crippen LogP contribution in [0.1, 0.15) is 0 Å². The largest absolute Gasteiger partial charge is 0.288 e. The van der Waals surface area contributed by atoms with Crippen LogP contribution in [-0.2, 0) is 0 Å². The lowest BCUT2D eigenvalue weighted by Crippen LogP contribution is -2.14. The van der Waals surface area contributed by atoms with Crippen LogP contribution in [0.3, 0.4) is 0 Å².